The third kappa shape index (κ3) is 10.1. The number of ether oxygens (including phenoxy) is 2. The van der Waals surface area contributed by atoms with Crippen LogP contribution in [0.25, 0.3) is 0 Å². The molecule has 1 atom stereocenters. The zero-order valence-corrected chi connectivity index (χ0v) is 19.7. The van der Waals surface area contributed by atoms with Crippen LogP contribution in [0.2, 0.25) is 0 Å². The summed E-state index contributed by atoms with van der Waals surface area (Å²) in [6, 6.07) is 3.49. The number of halogens is 3. The number of alkyl carbamates (subject to hydrolysis) is 1. The topological polar surface area (TPSA) is 156 Å². The molecule has 0 spiro atoms. The fraction of sp³-hybridized carbons (Fsp3) is 0.526. The van der Waals surface area contributed by atoms with Gasteiger partial charge < -0.3 is 29.5 Å². The second kappa shape index (κ2) is 11.8. The lowest BCUT2D eigenvalue weighted by Gasteiger charge is -2.23. The third-order valence-electron chi connectivity index (χ3n) is 3.56. The second-order valence-electron chi connectivity index (χ2n) is 7.62. The zero-order chi connectivity index (χ0) is 26.2. The van der Waals surface area contributed by atoms with E-state index in [0.29, 0.717) is 5.56 Å². The van der Waals surface area contributed by atoms with E-state index < -0.39 is 51.7 Å². The van der Waals surface area contributed by atoms with E-state index in [1.54, 1.807) is 27.7 Å². The number of nitrogens with two attached hydrogens (primary N) is 1. The molecule has 0 saturated heterocycles. The Labute approximate surface area is 194 Å². The number of alkyl halides is 3. The summed E-state index contributed by atoms with van der Waals surface area (Å²) in [5, 5.41) is 6.05. The van der Waals surface area contributed by atoms with Gasteiger partial charge in [0.1, 0.15) is 11.4 Å². The molecule has 0 unspecified atom stereocenters. The van der Waals surface area contributed by atoms with Crippen LogP contribution < -0.4 is 15.2 Å². The average molecular weight is 513 g/mol. The number of oxime groups is 1. The number of rotatable bonds is 10. The molecule has 34 heavy (non-hydrogen) atoms. The molecule has 0 heterocycles. The highest BCUT2D eigenvalue weighted by atomic mass is 32.2. The molecule has 1 aromatic rings. The van der Waals surface area contributed by atoms with E-state index in [9.17, 15) is 31.2 Å². The summed E-state index contributed by atoms with van der Waals surface area (Å²) >= 11 is 0. The molecule has 192 valence electrons. The molecule has 0 radical (unpaired) electrons. The van der Waals surface area contributed by atoms with Gasteiger partial charge in [0.2, 0.25) is 6.61 Å². The van der Waals surface area contributed by atoms with Crippen LogP contribution in [0.15, 0.2) is 29.4 Å². The molecule has 11 nitrogen and oxygen atoms in total. The van der Waals surface area contributed by atoms with Crippen LogP contribution >= 0.6 is 0 Å². The molecular weight excluding hydrogens is 487 g/mol. The summed E-state index contributed by atoms with van der Waals surface area (Å²) in [5.74, 6) is -1.52. The first-order valence-electron chi connectivity index (χ1n) is 9.74. The monoisotopic (exact) mass is 513 g/mol. The Kier molecular flexibility index (Phi) is 9.96. The number of carbonyl (C=O) groups is 2. The van der Waals surface area contributed by atoms with E-state index >= 15 is 0 Å². The molecule has 0 aliphatic rings. The van der Waals surface area contributed by atoms with Crippen molar-refractivity contribution in [3.8, 4) is 5.75 Å². The smallest absolute Gasteiger partial charge is 0.463 e. The summed E-state index contributed by atoms with van der Waals surface area (Å²) in [6.45, 7) is 6.10. The number of nitrogens with one attached hydrogen (secondary N) is 1. The highest BCUT2D eigenvalue weighted by Crippen LogP contribution is 2.27. The Morgan fingerprint density at radius 2 is 1.74 bits per heavy atom. The third-order valence-corrected chi connectivity index (χ3v) is 4.54. The first-order valence-corrected chi connectivity index (χ1v) is 11.1. The maximum Gasteiger partial charge on any atom is 0.534 e. The molecule has 0 aromatic heterocycles. The van der Waals surface area contributed by atoms with Crippen molar-refractivity contribution >= 4 is 28.0 Å². The first-order chi connectivity index (χ1) is 15.5. The largest absolute Gasteiger partial charge is 0.534 e. The number of nitrogens with zero attached hydrogens (tertiary/aromatic N) is 1. The minimum absolute atomic E-state index is 0.0519. The second-order valence-corrected chi connectivity index (χ2v) is 9.16. The number of carbonyl (C=O) groups excluding carboxylic acids is 2. The van der Waals surface area contributed by atoms with E-state index in [2.05, 4.69) is 19.4 Å². The van der Waals surface area contributed by atoms with Crippen molar-refractivity contribution in [1.29, 1.82) is 0 Å². The Morgan fingerprint density at radius 3 is 2.24 bits per heavy atom. The number of amides is 1. The summed E-state index contributed by atoms with van der Waals surface area (Å²) in [6.07, 6.45) is -0.902. The van der Waals surface area contributed by atoms with Gasteiger partial charge in [-0.3, -0.25) is 0 Å². The van der Waals surface area contributed by atoms with Crippen LogP contribution in [0.1, 0.15) is 33.3 Å². The predicted molar refractivity (Wildman–Crippen MR) is 113 cm³/mol. The Balaban J connectivity index is 2.99. The molecule has 0 aliphatic carbocycles. The molecule has 0 aliphatic heterocycles. The van der Waals surface area contributed by atoms with E-state index in [4.69, 9.17) is 15.3 Å². The standard InChI is InChI=1S/C19H26F3N3O8S/c1-5-30-15(26)11-31-25-16(23)14(24-17(27)32-18(2,3)4)10-12-6-8-13(9-7-12)33-34(28,29)19(20,21)22/h6-9,14H,5,10-11H2,1-4H3,(H2,23,25)(H,24,27)/t14-/m0/s1. The van der Waals surface area contributed by atoms with Gasteiger partial charge in [-0.1, -0.05) is 17.3 Å². The number of esters is 1. The average Bonchev–Trinajstić information content (AvgIpc) is 2.66. The van der Waals surface area contributed by atoms with Crippen molar-refractivity contribution in [1.82, 2.24) is 5.32 Å². The summed E-state index contributed by atoms with van der Waals surface area (Å²) in [4.78, 5) is 28.3. The molecule has 15 heteroatoms. The number of benzene rings is 1. The number of hydrogen-bond donors (Lipinski definition) is 2. The van der Waals surface area contributed by atoms with Gasteiger partial charge in [-0.15, -0.1) is 0 Å². The zero-order valence-electron chi connectivity index (χ0n) is 18.8. The van der Waals surface area contributed by atoms with Crippen LogP contribution in [-0.2, 0) is 35.6 Å². The van der Waals surface area contributed by atoms with Gasteiger partial charge in [0.25, 0.3) is 0 Å². The van der Waals surface area contributed by atoms with Crippen molar-refractivity contribution in [2.45, 2.75) is 51.3 Å². The molecule has 0 bridgehead atoms. The molecule has 0 saturated carbocycles. The summed E-state index contributed by atoms with van der Waals surface area (Å²) in [5.41, 5.74) is -0.134. The summed E-state index contributed by atoms with van der Waals surface area (Å²) in [7, 11) is -5.82. The predicted octanol–water partition coefficient (Wildman–Crippen LogP) is 2.20. The Hall–Kier alpha value is -3.23. The van der Waals surface area contributed by atoms with Crippen molar-refractivity contribution in [3.63, 3.8) is 0 Å². The van der Waals surface area contributed by atoms with E-state index in [1.165, 1.54) is 12.1 Å². The maximum absolute atomic E-state index is 12.5. The molecule has 0 fully saturated rings. The minimum Gasteiger partial charge on any atom is -0.463 e. The van der Waals surface area contributed by atoms with Crippen LogP contribution in [0.3, 0.4) is 0 Å². The fourth-order valence-electron chi connectivity index (χ4n) is 2.20. The van der Waals surface area contributed by atoms with E-state index in [-0.39, 0.29) is 18.9 Å². The van der Waals surface area contributed by atoms with Crippen LogP contribution in [-0.4, -0.2) is 56.7 Å². The minimum atomic E-state index is -5.82. The highest BCUT2D eigenvalue weighted by molar-refractivity contribution is 7.88. The molecule has 1 rings (SSSR count). The number of hydrogen-bond acceptors (Lipinski definition) is 9. The summed E-state index contributed by atoms with van der Waals surface area (Å²) < 4.78 is 73.5. The van der Waals surface area contributed by atoms with Crippen LogP contribution in [0.4, 0.5) is 18.0 Å². The van der Waals surface area contributed by atoms with Gasteiger partial charge in [0.05, 0.1) is 12.6 Å². The lowest BCUT2D eigenvalue weighted by Crippen LogP contribution is -2.47. The quantitative estimate of drug-likeness (QED) is 0.120. The van der Waals surface area contributed by atoms with E-state index in [1.807, 2.05) is 0 Å². The lowest BCUT2D eigenvalue weighted by molar-refractivity contribution is -0.148. The van der Waals surface area contributed by atoms with Gasteiger partial charge >= 0.3 is 27.7 Å². The molecule has 3 N–H and O–H groups in total. The Morgan fingerprint density at radius 1 is 1.15 bits per heavy atom. The highest BCUT2D eigenvalue weighted by Gasteiger charge is 2.48. The van der Waals surface area contributed by atoms with Crippen LogP contribution in [0.5, 0.6) is 5.75 Å². The van der Waals surface area contributed by atoms with Gasteiger partial charge in [0, 0.05) is 6.42 Å². The van der Waals surface area contributed by atoms with Crippen LogP contribution in [0, 0.1) is 0 Å². The van der Waals surface area contributed by atoms with Gasteiger partial charge in [-0.05, 0) is 45.4 Å². The number of amidine groups is 1. The lowest BCUT2D eigenvalue weighted by atomic mass is 10.1. The Bertz CT molecular complexity index is 974. The fourth-order valence-corrected chi connectivity index (χ4v) is 2.65. The first kappa shape index (κ1) is 28.8. The molecular formula is C19H26F3N3O8S. The van der Waals surface area contributed by atoms with Crippen molar-refractivity contribution in [2.24, 2.45) is 10.9 Å². The van der Waals surface area contributed by atoms with Crippen molar-refractivity contribution in [2.75, 3.05) is 13.2 Å². The van der Waals surface area contributed by atoms with E-state index in [0.717, 1.165) is 12.1 Å². The van der Waals surface area contributed by atoms with Gasteiger partial charge in [-0.2, -0.15) is 21.6 Å². The molecule has 1 amide bonds. The maximum atomic E-state index is 12.5. The SMILES string of the molecule is CCOC(=O)CO/N=C(/N)[C@H](Cc1ccc(OS(=O)(=O)C(F)(F)F)cc1)NC(=O)OC(C)(C)C. The van der Waals surface area contributed by atoms with Crippen molar-refractivity contribution < 1.29 is 49.7 Å². The van der Waals surface area contributed by atoms with Gasteiger partial charge in [-0.25, -0.2) is 9.59 Å². The van der Waals surface area contributed by atoms with Gasteiger partial charge in [0.15, 0.2) is 5.84 Å². The normalized spacial score (nSPS) is 13.6. The molecule has 1 aromatic carbocycles. The van der Waals surface area contributed by atoms with Crippen molar-refractivity contribution in [3.05, 3.63) is 29.8 Å².